The number of unbranched alkanes of at least 4 members (excludes halogenated alkanes) is 2. The predicted molar refractivity (Wildman–Crippen MR) is 87.5 cm³/mol. The minimum absolute atomic E-state index is 0.120. The second-order valence-corrected chi connectivity index (χ2v) is 5.54. The molecule has 0 aromatic heterocycles. The first-order valence-corrected chi connectivity index (χ1v) is 7.61. The quantitative estimate of drug-likeness (QED) is 0.590. The minimum atomic E-state index is -0.559. The van der Waals surface area contributed by atoms with Crippen molar-refractivity contribution in [2.45, 2.75) is 39.0 Å². The molecule has 3 nitrogen and oxygen atoms in total. The van der Waals surface area contributed by atoms with Gasteiger partial charge in [0.2, 0.25) is 5.91 Å². The Bertz CT molecular complexity index is 523. The third-order valence-electron chi connectivity index (χ3n) is 2.98. The monoisotopic (exact) mass is 331 g/mol. The molecule has 0 aliphatic carbocycles. The van der Waals surface area contributed by atoms with Gasteiger partial charge in [-0.3, -0.25) is 4.79 Å². The van der Waals surface area contributed by atoms with Gasteiger partial charge in [0.05, 0.1) is 12.8 Å². The lowest BCUT2D eigenvalue weighted by atomic mass is 10.1. The topological polar surface area (TPSA) is 38.3 Å². The van der Waals surface area contributed by atoms with E-state index >= 15 is 0 Å². The summed E-state index contributed by atoms with van der Waals surface area (Å²) in [5, 5.41) is 3.18. The first kappa shape index (κ1) is 17.9. The predicted octanol–water partition coefficient (Wildman–Crippen LogP) is 4.51. The number of ether oxygens (including phenoxy) is 1. The second kappa shape index (κ2) is 8.95. The van der Waals surface area contributed by atoms with Crippen molar-refractivity contribution in [2.75, 3.05) is 12.4 Å². The molecule has 0 aliphatic heterocycles. The van der Waals surface area contributed by atoms with Crippen molar-refractivity contribution in [2.24, 2.45) is 0 Å². The molecule has 0 fully saturated rings. The summed E-state index contributed by atoms with van der Waals surface area (Å²) in [6.45, 7) is 2.06. The van der Waals surface area contributed by atoms with Gasteiger partial charge in [0.1, 0.15) is 5.82 Å². The number of methoxy groups -OCH3 is 1. The van der Waals surface area contributed by atoms with Gasteiger partial charge in [0.25, 0.3) is 0 Å². The Hall–Kier alpha value is -1.20. The fraction of sp³-hybridized carbons (Fsp3) is 0.467. The molecule has 0 heterocycles. The van der Waals surface area contributed by atoms with Crippen LogP contribution in [0.2, 0.25) is 5.02 Å². The summed E-state index contributed by atoms with van der Waals surface area (Å²) in [4.78, 5) is 11.8. The molecule has 116 valence electrons. The fourth-order valence-electron chi connectivity index (χ4n) is 1.80. The second-order valence-electron chi connectivity index (χ2n) is 4.68. The molecule has 0 atom stereocenters. The number of thiocarbonyl (C=S) groups is 1. The van der Waals surface area contributed by atoms with E-state index in [4.69, 9.17) is 28.6 Å². The average molecular weight is 332 g/mol. The van der Waals surface area contributed by atoms with E-state index in [0.717, 1.165) is 19.3 Å². The fourth-order valence-corrected chi connectivity index (χ4v) is 2.17. The van der Waals surface area contributed by atoms with E-state index in [1.165, 1.54) is 19.2 Å². The normalized spacial score (nSPS) is 10.3. The Kier molecular flexibility index (Phi) is 7.61. The van der Waals surface area contributed by atoms with Crippen molar-refractivity contribution in [3.63, 3.8) is 0 Å². The van der Waals surface area contributed by atoms with Crippen molar-refractivity contribution in [1.82, 2.24) is 0 Å². The van der Waals surface area contributed by atoms with Crippen LogP contribution in [0.4, 0.5) is 10.1 Å². The molecule has 1 amide bonds. The van der Waals surface area contributed by atoms with Crippen LogP contribution in [0.3, 0.4) is 0 Å². The number of halogens is 2. The summed E-state index contributed by atoms with van der Waals surface area (Å²) >= 11 is 10.9. The molecule has 1 N–H and O–H groups in total. The van der Waals surface area contributed by atoms with Crippen molar-refractivity contribution in [1.29, 1.82) is 0 Å². The van der Waals surface area contributed by atoms with Crippen LogP contribution in [0.5, 0.6) is 0 Å². The van der Waals surface area contributed by atoms with E-state index in [2.05, 4.69) is 12.2 Å². The third-order valence-corrected chi connectivity index (χ3v) is 3.64. The van der Waals surface area contributed by atoms with Gasteiger partial charge in [-0.15, -0.1) is 0 Å². The number of nitrogens with one attached hydrogen (secondary N) is 1. The summed E-state index contributed by atoms with van der Waals surface area (Å²) < 4.78 is 18.8. The largest absolute Gasteiger partial charge is 0.490 e. The maximum absolute atomic E-state index is 13.8. The zero-order valence-corrected chi connectivity index (χ0v) is 13.7. The highest BCUT2D eigenvalue weighted by Gasteiger charge is 2.12. The Balaban J connectivity index is 2.79. The van der Waals surface area contributed by atoms with Gasteiger partial charge in [-0.2, -0.15) is 0 Å². The van der Waals surface area contributed by atoms with Crippen LogP contribution in [0, 0.1) is 5.82 Å². The molecule has 0 radical (unpaired) electrons. The smallest absolute Gasteiger partial charge is 0.224 e. The number of hydrogen-bond donors (Lipinski definition) is 1. The summed E-state index contributed by atoms with van der Waals surface area (Å²) in [5.74, 6) is -0.763. The first-order chi connectivity index (χ1) is 9.97. The van der Waals surface area contributed by atoms with E-state index < -0.39 is 5.82 Å². The lowest BCUT2D eigenvalue weighted by molar-refractivity contribution is -0.116. The highest BCUT2D eigenvalue weighted by molar-refractivity contribution is 7.80. The summed E-state index contributed by atoms with van der Waals surface area (Å²) in [5.41, 5.74) is 0.739. The SMILES string of the molecule is CCCCCC(=O)Nc1cc(CC(=S)OC)c(Cl)cc1F. The molecular formula is C15H19ClFNO2S. The van der Waals surface area contributed by atoms with Gasteiger partial charge >= 0.3 is 0 Å². The van der Waals surface area contributed by atoms with Crippen LogP contribution >= 0.6 is 23.8 Å². The Morgan fingerprint density at radius 3 is 2.76 bits per heavy atom. The lowest BCUT2D eigenvalue weighted by Gasteiger charge is -2.11. The molecule has 6 heteroatoms. The Labute approximate surface area is 134 Å². The van der Waals surface area contributed by atoms with Crippen LogP contribution in [0.25, 0.3) is 0 Å². The average Bonchev–Trinajstić information content (AvgIpc) is 2.44. The standard InChI is InChI=1S/C15H19ClFNO2S/c1-3-4-5-6-14(19)18-13-7-10(8-15(21)20-2)11(16)9-12(13)17/h7,9H,3-6,8H2,1-2H3,(H,18,19). The van der Waals surface area contributed by atoms with Gasteiger partial charge in [0.15, 0.2) is 5.05 Å². The molecule has 0 bridgehead atoms. The van der Waals surface area contributed by atoms with Gasteiger partial charge in [-0.25, -0.2) is 4.39 Å². The van der Waals surface area contributed by atoms with Gasteiger partial charge in [-0.1, -0.05) is 31.4 Å². The van der Waals surface area contributed by atoms with E-state index in [1.54, 1.807) is 0 Å². The molecule has 21 heavy (non-hydrogen) atoms. The number of hydrogen-bond acceptors (Lipinski definition) is 3. The van der Waals surface area contributed by atoms with Crippen molar-refractivity contribution < 1.29 is 13.9 Å². The molecule has 0 spiro atoms. The third kappa shape index (κ3) is 5.98. The van der Waals surface area contributed by atoms with E-state index in [1.807, 2.05) is 0 Å². The van der Waals surface area contributed by atoms with E-state index in [9.17, 15) is 9.18 Å². The molecule has 0 unspecified atom stereocenters. The highest BCUT2D eigenvalue weighted by atomic mass is 35.5. The number of amides is 1. The van der Waals surface area contributed by atoms with Crippen molar-refractivity contribution in [3.05, 3.63) is 28.5 Å². The summed E-state index contributed by atoms with van der Waals surface area (Å²) in [7, 11) is 1.47. The maximum Gasteiger partial charge on any atom is 0.224 e. The minimum Gasteiger partial charge on any atom is -0.490 e. The van der Waals surface area contributed by atoms with Crippen LogP contribution in [-0.2, 0) is 16.0 Å². The molecule has 0 aliphatic rings. The van der Waals surface area contributed by atoms with Crippen LogP contribution in [0.1, 0.15) is 38.2 Å². The Morgan fingerprint density at radius 1 is 1.43 bits per heavy atom. The van der Waals surface area contributed by atoms with E-state index in [0.29, 0.717) is 23.5 Å². The van der Waals surface area contributed by atoms with Crippen LogP contribution in [0.15, 0.2) is 12.1 Å². The number of benzene rings is 1. The number of rotatable bonds is 7. The maximum atomic E-state index is 13.8. The molecule has 0 saturated carbocycles. The molecule has 1 aromatic rings. The summed E-state index contributed by atoms with van der Waals surface area (Å²) in [6, 6.07) is 2.68. The lowest BCUT2D eigenvalue weighted by Crippen LogP contribution is -2.13. The number of anilines is 1. The number of carbonyl (C=O) groups is 1. The molecule has 1 rings (SSSR count). The molecule has 1 aromatic carbocycles. The van der Waals surface area contributed by atoms with Gasteiger partial charge in [0, 0.05) is 17.9 Å². The molecule has 0 saturated heterocycles. The molecular weight excluding hydrogens is 313 g/mol. The van der Waals surface area contributed by atoms with Crippen LogP contribution in [-0.4, -0.2) is 18.1 Å². The first-order valence-electron chi connectivity index (χ1n) is 6.82. The van der Waals surface area contributed by atoms with Crippen molar-refractivity contribution in [3.8, 4) is 0 Å². The zero-order chi connectivity index (χ0) is 15.8. The Morgan fingerprint density at radius 2 is 2.14 bits per heavy atom. The zero-order valence-electron chi connectivity index (χ0n) is 12.2. The van der Waals surface area contributed by atoms with Crippen molar-refractivity contribution >= 4 is 40.5 Å². The van der Waals surface area contributed by atoms with Gasteiger partial charge in [-0.05, 0) is 36.3 Å². The summed E-state index contributed by atoms with van der Waals surface area (Å²) in [6.07, 6.45) is 3.47. The van der Waals surface area contributed by atoms with E-state index in [-0.39, 0.29) is 16.6 Å². The highest BCUT2D eigenvalue weighted by Crippen LogP contribution is 2.25. The number of carbonyl (C=O) groups excluding carboxylic acids is 1. The van der Waals surface area contributed by atoms with Gasteiger partial charge < -0.3 is 10.1 Å². The van der Waals surface area contributed by atoms with Crippen LogP contribution < -0.4 is 5.32 Å².